The van der Waals surface area contributed by atoms with Gasteiger partial charge in [0.1, 0.15) is 6.33 Å². The molecular formula is C18H10Cl2N6. The van der Waals surface area contributed by atoms with Crippen LogP contribution in [0.25, 0.3) is 33.8 Å². The van der Waals surface area contributed by atoms with E-state index in [9.17, 15) is 0 Å². The van der Waals surface area contributed by atoms with Crippen LogP contribution in [0, 0.1) is 0 Å². The number of para-hydroxylation sites is 1. The maximum absolute atomic E-state index is 6.11. The highest BCUT2D eigenvalue weighted by Crippen LogP contribution is 2.28. The molecule has 3 heterocycles. The largest absolute Gasteiger partial charge is 0.265 e. The molecule has 0 aliphatic rings. The first-order valence-corrected chi connectivity index (χ1v) is 8.56. The van der Waals surface area contributed by atoms with Crippen molar-refractivity contribution in [1.29, 1.82) is 0 Å². The van der Waals surface area contributed by atoms with Crippen LogP contribution in [0.2, 0.25) is 10.0 Å². The Morgan fingerprint density at radius 1 is 0.846 bits per heavy atom. The lowest BCUT2D eigenvalue weighted by molar-refractivity contribution is 0.893. The lowest BCUT2D eigenvalue weighted by Crippen LogP contribution is -1.98. The molecule has 0 spiro atoms. The van der Waals surface area contributed by atoms with Crippen molar-refractivity contribution in [2.75, 3.05) is 0 Å². The van der Waals surface area contributed by atoms with Crippen molar-refractivity contribution < 1.29 is 0 Å². The highest BCUT2D eigenvalue weighted by Gasteiger charge is 2.15. The first kappa shape index (κ1) is 15.3. The zero-order chi connectivity index (χ0) is 17.7. The SMILES string of the molecule is Clc1cc(Cl)cc(-c2nnc3c4cnn(-c5ccccc5)c4ncn23)c1. The normalized spacial score (nSPS) is 11.5. The smallest absolute Gasteiger partial charge is 0.175 e. The Morgan fingerprint density at radius 3 is 2.38 bits per heavy atom. The lowest BCUT2D eigenvalue weighted by atomic mass is 10.2. The molecule has 0 bridgehead atoms. The molecule has 0 unspecified atom stereocenters. The highest BCUT2D eigenvalue weighted by molar-refractivity contribution is 6.35. The van der Waals surface area contributed by atoms with Gasteiger partial charge in [-0.15, -0.1) is 10.2 Å². The first-order valence-electron chi connectivity index (χ1n) is 7.80. The van der Waals surface area contributed by atoms with Crippen molar-refractivity contribution in [2.24, 2.45) is 0 Å². The average molecular weight is 381 g/mol. The van der Waals surface area contributed by atoms with Gasteiger partial charge in [-0.1, -0.05) is 41.4 Å². The van der Waals surface area contributed by atoms with Gasteiger partial charge in [0.25, 0.3) is 0 Å². The molecule has 5 aromatic rings. The molecular weight excluding hydrogens is 371 g/mol. The number of benzene rings is 2. The summed E-state index contributed by atoms with van der Waals surface area (Å²) < 4.78 is 3.58. The van der Waals surface area contributed by atoms with E-state index in [0.717, 1.165) is 16.6 Å². The summed E-state index contributed by atoms with van der Waals surface area (Å²) in [6.07, 6.45) is 3.43. The maximum Gasteiger partial charge on any atom is 0.175 e. The Morgan fingerprint density at radius 2 is 1.62 bits per heavy atom. The van der Waals surface area contributed by atoms with Crippen molar-refractivity contribution in [3.8, 4) is 17.1 Å². The van der Waals surface area contributed by atoms with Crippen LogP contribution in [0.4, 0.5) is 0 Å². The Bertz CT molecular complexity index is 1240. The fraction of sp³-hybridized carbons (Fsp3) is 0. The minimum atomic E-state index is 0.537. The molecule has 0 fully saturated rings. The summed E-state index contributed by atoms with van der Waals surface area (Å²) in [5.74, 6) is 0.617. The molecule has 126 valence electrons. The first-order chi connectivity index (χ1) is 12.7. The number of fused-ring (bicyclic) bond motifs is 3. The summed E-state index contributed by atoms with van der Waals surface area (Å²) >= 11 is 12.2. The molecule has 0 atom stereocenters. The van der Waals surface area contributed by atoms with Crippen LogP contribution in [0.1, 0.15) is 0 Å². The minimum absolute atomic E-state index is 0.537. The van der Waals surface area contributed by atoms with E-state index in [-0.39, 0.29) is 0 Å². The van der Waals surface area contributed by atoms with Gasteiger partial charge in [0.05, 0.1) is 17.3 Å². The standard InChI is InChI=1S/C18H10Cl2N6/c19-12-6-11(7-13(20)8-12)16-23-24-18-15-9-22-26(14-4-2-1-3-5-14)17(15)21-10-25(16)18/h1-10H. The molecule has 0 saturated carbocycles. The average Bonchev–Trinajstić information content (AvgIpc) is 3.25. The van der Waals surface area contributed by atoms with E-state index in [0.29, 0.717) is 27.2 Å². The molecule has 8 heteroatoms. The van der Waals surface area contributed by atoms with E-state index in [1.807, 2.05) is 30.3 Å². The fourth-order valence-electron chi connectivity index (χ4n) is 2.96. The summed E-state index contributed by atoms with van der Waals surface area (Å²) in [6.45, 7) is 0. The molecule has 0 N–H and O–H groups in total. The summed E-state index contributed by atoms with van der Waals surface area (Å²) in [5, 5.41) is 15.0. The molecule has 0 aliphatic heterocycles. The molecule has 0 radical (unpaired) electrons. The molecule has 26 heavy (non-hydrogen) atoms. The minimum Gasteiger partial charge on any atom is -0.265 e. The molecule has 2 aromatic carbocycles. The van der Waals surface area contributed by atoms with Crippen molar-refractivity contribution in [2.45, 2.75) is 0 Å². The van der Waals surface area contributed by atoms with Gasteiger partial charge < -0.3 is 0 Å². The number of rotatable bonds is 2. The number of hydrogen-bond donors (Lipinski definition) is 0. The van der Waals surface area contributed by atoms with Gasteiger partial charge >= 0.3 is 0 Å². The van der Waals surface area contributed by atoms with Crippen molar-refractivity contribution in [1.82, 2.24) is 29.4 Å². The zero-order valence-electron chi connectivity index (χ0n) is 13.2. The predicted octanol–water partition coefficient (Wildman–Crippen LogP) is 4.44. The van der Waals surface area contributed by atoms with Gasteiger partial charge in [0.15, 0.2) is 17.1 Å². The molecule has 6 nitrogen and oxygen atoms in total. The van der Waals surface area contributed by atoms with Gasteiger partial charge in [-0.25, -0.2) is 9.67 Å². The van der Waals surface area contributed by atoms with Crippen LogP contribution in [0.5, 0.6) is 0 Å². The Labute approximate surface area is 157 Å². The number of aromatic nitrogens is 6. The van der Waals surface area contributed by atoms with E-state index >= 15 is 0 Å². The van der Waals surface area contributed by atoms with Gasteiger partial charge in [-0.05, 0) is 30.3 Å². The van der Waals surface area contributed by atoms with Crippen LogP contribution < -0.4 is 0 Å². The van der Waals surface area contributed by atoms with E-state index in [2.05, 4.69) is 20.3 Å². The molecule has 0 aliphatic carbocycles. The van der Waals surface area contributed by atoms with Crippen LogP contribution in [0.3, 0.4) is 0 Å². The quantitative estimate of drug-likeness (QED) is 0.454. The second kappa shape index (κ2) is 5.79. The predicted molar refractivity (Wildman–Crippen MR) is 101 cm³/mol. The van der Waals surface area contributed by atoms with Crippen molar-refractivity contribution in [3.63, 3.8) is 0 Å². The number of nitrogens with zero attached hydrogens (tertiary/aromatic N) is 6. The third-order valence-corrected chi connectivity index (χ3v) is 4.53. The van der Waals surface area contributed by atoms with Crippen molar-refractivity contribution >= 4 is 39.9 Å². The molecule has 5 rings (SSSR count). The number of hydrogen-bond acceptors (Lipinski definition) is 4. The van der Waals surface area contributed by atoms with Gasteiger partial charge in [0, 0.05) is 15.6 Å². The Balaban J connectivity index is 1.74. The van der Waals surface area contributed by atoms with Crippen molar-refractivity contribution in [3.05, 3.63) is 71.1 Å². The van der Waals surface area contributed by atoms with Gasteiger partial charge in [0.2, 0.25) is 0 Å². The Kier molecular flexibility index (Phi) is 3.41. The molecule has 0 amide bonds. The van der Waals surface area contributed by atoms with Crippen LogP contribution in [-0.4, -0.2) is 29.4 Å². The molecule has 3 aromatic heterocycles. The maximum atomic E-state index is 6.11. The summed E-state index contributed by atoms with van der Waals surface area (Å²) in [4.78, 5) is 4.57. The van der Waals surface area contributed by atoms with E-state index in [4.69, 9.17) is 23.2 Å². The van der Waals surface area contributed by atoms with Crippen LogP contribution in [-0.2, 0) is 0 Å². The third kappa shape index (κ3) is 2.34. The summed E-state index contributed by atoms with van der Waals surface area (Å²) in [6, 6.07) is 15.1. The van der Waals surface area contributed by atoms with Crippen LogP contribution in [0.15, 0.2) is 61.1 Å². The Hall–Kier alpha value is -2.96. The fourth-order valence-corrected chi connectivity index (χ4v) is 3.48. The second-order valence-corrected chi connectivity index (χ2v) is 6.62. The van der Waals surface area contributed by atoms with Crippen LogP contribution >= 0.6 is 23.2 Å². The van der Waals surface area contributed by atoms with Gasteiger partial charge in [-0.3, -0.25) is 4.40 Å². The zero-order valence-corrected chi connectivity index (χ0v) is 14.7. The lowest BCUT2D eigenvalue weighted by Gasteiger charge is -2.04. The highest BCUT2D eigenvalue weighted by atomic mass is 35.5. The summed E-state index contributed by atoms with van der Waals surface area (Å²) in [5.41, 5.74) is 3.09. The van der Waals surface area contributed by atoms with E-state index in [1.165, 1.54) is 0 Å². The van der Waals surface area contributed by atoms with E-state index < -0.39 is 0 Å². The van der Waals surface area contributed by atoms with E-state index in [1.54, 1.807) is 39.8 Å². The molecule has 0 saturated heterocycles. The number of halogens is 2. The third-order valence-electron chi connectivity index (χ3n) is 4.10. The van der Waals surface area contributed by atoms with Gasteiger partial charge in [-0.2, -0.15) is 5.10 Å². The summed E-state index contributed by atoms with van der Waals surface area (Å²) in [7, 11) is 0. The second-order valence-electron chi connectivity index (χ2n) is 5.75. The monoisotopic (exact) mass is 380 g/mol. The topological polar surface area (TPSA) is 60.9 Å².